The molecule has 0 saturated heterocycles. The van der Waals surface area contributed by atoms with Gasteiger partial charge >= 0.3 is 51.4 Å². The summed E-state index contributed by atoms with van der Waals surface area (Å²) < 4.78 is 0. The van der Waals surface area contributed by atoms with Crippen molar-refractivity contribution < 1.29 is 51.4 Å². The predicted molar refractivity (Wildman–Crippen MR) is 16.0 cm³/mol. The van der Waals surface area contributed by atoms with Gasteiger partial charge in [0, 0.05) is 0 Å². The third-order valence-corrected chi connectivity index (χ3v) is 0. The summed E-state index contributed by atoms with van der Waals surface area (Å²) in [6.07, 6.45) is 0. The Labute approximate surface area is 70.4 Å². The van der Waals surface area contributed by atoms with Gasteiger partial charge in [-0.1, -0.05) is 0 Å². The minimum Gasteiger partial charge on any atom is -0.486 e. The summed E-state index contributed by atoms with van der Waals surface area (Å²) in [6.45, 7) is 0. The standard InChI is InChI=1S/CH4N.CH3.K/c1-2;;/h1-2H2;1H3;/q2*-1;+1. The van der Waals surface area contributed by atoms with Crippen molar-refractivity contribution in [3.05, 3.63) is 14.5 Å². The molecule has 0 saturated carbocycles. The van der Waals surface area contributed by atoms with Gasteiger partial charge in [0.15, 0.2) is 0 Å². The first-order chi connectivity index (χ1) is 1.00. The molecule has 0 heterocycles. The molecule has 0 radical (unpaired) electrons. The molecule has 0 aliphatic heterocycles. The zero-order valence-corrected chi connectivity index (χ0v) is 6.41. The fourth-order valence-electron chi connectivity index (χ4n) is 0. The quantitative estimate of drug-likeness (QED) is 0.249. The van der Waals surface area contributed by atoms with Crippen LogP contribution in [0.3, 0.4) is 0 Å². The van der Waals surface area contributed by atoms with Gasteiger partial charge in [-0.25, -0.2) is 0 Å². The van der Waals surface area contributed by atoms with Crippen molar-refractivity contribution in [3.63, 3.8) is 0 Å². The van der Waals surface area contributed by atoms with E-state index in [4.69, 9.17) is 0 Å². The Morgan fingerprint density at radius 1 is 1.25 bits per heavy atom. The van der Waals surface area contributed by atoms with E-state index in [1.807, 2.05) is 0 Å². The molecule has 0 unspecified atom stereocenters. The van der Waals surface area contributed by atoms with Crippen molar-refractivity contribution in [1.82, 2.24) is 0 Å². The van der Waals surface area contributed by atoms with Crippen LogP contribution in [0.15, 0.2) is 0 Å². The molecule has 0 aromatic carbocycles. The second-order valence-electron chi connectivity index (χ2n) is 0. The molecular weight excluding hydrogens is 77.1 g/mol. The van der Waals surface area contributed by atoms with E-state index >= 15 is 0 Å². The number of hydrogen-bond acceptors (Lipinski definition) is 1. The average Bonchev–Trinajstić information content (AvgIpc) is 1.00. The number of hydrogen-bond donors (Lipinski definition) is 1. The molecule has 0 aromatic rings. The topological polar surface area (TPSA) is 26.0 Å². The molecular formula is C2H7KN-. The first-order valence-corrected chi connectivity index (χ1v) is 0.408. The maximum absolute atomic E-state index is 4.25. The van der Waals surface area contributed by atoms with Crippen molar-refractivity contribution in [2.45, 2.75) is 0 Å². The molecule has 0 spiro atoms. The molecule has 2 heteroatoms. The van der Waals surface area contributed by atoms with Crippen LogP contribution in [0, 0.1) is 14.5 Å². The van der Waals surface area contributed by atoms with Gasteiger partial charge in [-0.05, 0) is 0 Å². The molecule has 0 fully saturated rings. The van der Waals surface area contributed by atoms with Gasteiger partial charge in [0.1, 0.15) is 0 Å². The molecule has 1 nitrogen and oxygen atoms in total. The Morgan fingerprint density at radius 2 is 1.25 bits per heavy atom. The van der Waals surface area contributed by atoms with Gasteiger partial charge in [0.05, 0.1) is 0 Å². The van der Waals surface area contributed by atoms with E-state index in [2.05, 4.69) is 12.8 Å². The summed E-state index contributed by atoms with van der Waals surface area (Å²) in [4.78, 5) is 0. The SMILES string of the molecule is [CH2-]N.[CH3-].[K+]. The van der Waals surface area contributed by atoms with E-state index < -0.39 is 0 Å². The summed E-state index contributed by atoms with van der Waals surface area (Å²) in [5.41, 5.74) is 4.25. The Hall–Kier alpha value is 1.60. The molecule has 4 heavy (non-hydrogen) atoms. The van der Waals surface area contributed by atoms with Gasteiger partial charge < -0.3 is 13.2 Å². The minimum absolute atomic E-state index is 0. The van der Waals surface area contributed by atoms with E-state index in [1.165, 1.54) is 0 Å². The number of rotatable bonds is 0. The van der Waals surface area contributed by atoms with Gasteiger partial charge in [-0.15, -0.1) is 0 Å². The minimum atomic E-state index is 0. The molecule has 0 aliphatic carbocycles. The maximum Gasteiger partial charge on any atom is 1.00 e. The summed E-state index contributed by atoms with van der Waals surface area (Å²) >= 11 is 0. The summed E-state index contributed by atoms with van der Waals surface area (Å²) in [7, 11) is 2.75. The second-order valence-corrected chi connectivity index (χ2v) is 0. The van der Waals surface area contributed by atoms with Crippen LogP contribution in [0.4, 0.5) is 0 Å². The second kappa shape index (κ2) is 23.3. The summed E-state index contributed by atoms with van der Waals surface area (Å²) in [6, 6.07) is 0. The van der Waals surface area contributed by atoms with Gasteiger partial charge in [0.2, 0.25) is 0 Å². The van der Waals surface area contributed by atoms with Gasteiger partial charge in [-0.3, -0.25) is 7.05 Å². The fraction of sp³-hybridized carbons (Fsp3) is 0. The zero-order valence-electron chi connectivity index (χ0n) is 3.28. The van der Waals surface area contributed by atoms with Crippen molar-refractivity contribution in [3.8, 4) is 0 Å². The van der Waals surface area contributed by atoms with Crippen molar-refractivity contribution in [2.75, 3.05) is 0 Å². The van der Waals surface area contributed by atoms with Crippen molar-refractivity contribution >= 4 is 0 Å². The Bertz CT molecular complexity index is 6.00. The van der Waals surface area contributed by atoms with Crippen LogP contribution in [0.2, 0.25) is 0 Å². The van der Waals surface area contributed by atoms with Crippen LogP contribution < -0.4 is 57.1 Å². The molecule has 0 atom stereocenters. The zero-order chi connectivity index (χ0) is 2.00. The summed E-state index contributed by atoms with van der Waals surface area (Å²) in [5.74, 6) is 0. The van der Waals surface area contributed by atoms with E-state index in [0.717, 1.165) is 0 Å². The van der Waals surface area contributed by atoms with E-state index in [9.17, 15) is 0 Å². The molecule has 0 rings (SSSR count). The first-order valence-electron chi connectivity index (χ1n) is 0.408. The Kier molecular flexibility index (Phi) is 102. The molecule has 2 N–H and O–H groups in total. The van der Waals surface area contributed by atoms with Crippen LogP contribution in [-0.4, -0.2) is 0 Å². The van der Waals surface area contributed by atoms with E-state index in [0.29, 0.717) is 0 Å². The van der Waals surface area contributed by atoms with Gasteiger partial charge in [0.25, 0.3) is 0 Å². The van der Waals surface area contributed by atoms with Crippen LogP contribution in [0.25, 0.3) is 0 Å². The van der Waals surface area contributed by atoms with Gasteiger partial charge in [-0.2, -0.15) is 0 Å². The molecule has 0 bridgehead atoms. The predicted octanol–water partition coefficient (Wildman–Crippen LogP) is -2.81. The first kappa shape index (κ1) is 17.5. The monoisotopic (exact) mass is 84.0 g/mol. The average molecular weight is 84.2 g/mol. The van der Waals surface area contributed by atoms with Crippen LogP contribution in [0.1, 0.15) is 0 Å². The Balaban J connectivity index is -0.00000000500. The van der Waals surface area contributed by atoms with Crippen LogP contribution in [0.5, 0.6) is 0 Å². The third kappa shape index (κ3) is 9.51. The third-order valence-electron chi connectivity index (χ3n) is 0. The normalized spacial score (nSPS) is 1.50. The van der Waals surface area contributed by atoms with Crippen LogP contribution >= 0.6 is 0 Å². The molecule has 22 valence electrons. The number of nitrogens with two attached hydrogens (primary N) is 1. The smallest absolute Gasteiger partial charge is 0.486 e. The van der Waals surface area contributed by atoms with E-state index in [-0.39, 0.29) is 58.8 Å². The van der Waals surface area contributed by atoms with Crippen LogP contribution in [-0.2, 0) is 0 Å². The molecule has 0 amide bonds. The van der Waals surface area contributed by atoms with E-state index in [1.54, 1.807) is 0 Å². The molecule has 0 aromatic heterocycles. The molecule has 0 aliphatic rings. The summed E-state index contributed by atoms with van der Waals surface area (Å²) in [5, 5.41) is 0. The maximum atomic E-state index is 4.25. The largest absolute Gasteiger partial charge is 1.00 e. The Morgan fingerprint density at radius 3 is 1.25 bits per heavy atom. The van der Waals surface area contributed by atoms with Crippen molar-refractivity contribution in [1.29, 1.82) is 0 Å². The fourth-order valence-corrected chi connectivity index (χ4v) is 0. The van der Waals surface area contributed by atoms with Crippen molar-refractivity contribution in [2.24, 2.45) is 5.73 Å².